The van der Waals surface area contributed by atoms with Crippen LogP contribution < -0.4 is 15.4 Å². The third kappa shape index (κ3) is 10.5. The Hall–Kier alpha value is -1.12. The molecule has 166 valence electrons. The first kappa shape index (κ1) is 25.9. The van der Waals surface area contributed by atoms with E-state index in [-0.39, 0.29) is 55.4 Å². The molecule has 0 bridgehead atoms. The summed E-state index contributed by atoms with van der Waals surface area (Å²) in [5, 5.41) is 5.93. The molecule has 1 aromatic carbocycles. The average Bonchev–Trinajstić information content (AvgIpc) is 3.05. The van der Waals surface area contributed by atoms with Crippen molar-refractivity contribution < 1.29 is 21.6 Å². The fraction of sp³-hybridized carbons (Fsp3) is 0.588. The number of rotatable bonds is 8. The number of guanidine groups is 1. The van der Waals surface area contributed by atoms with E-state index in [0.717, 1.165) is 5.56 Å². The molecule has 1 aliphatic heterocycles. The second-order valence-electron chi connectivity index (χ2n) is 6.60. The molecule has 1 aromatic rings. The van der Waals surface area contributed by atoms with Gasteiger partial charge in [0.05, 0.1) is 12.3 Å². The van der Waals surface area contributed by atoms with Crippen LogP contribution in [0.1, 0.15) is 12.0 Å². The maximum atomic E-state index is 12.5. The summed E-state index contributed by atoms with van der Waals surface area (Å²) in [4.78, 5) is 5.34. The second-order valence-corrected chi connectivity index (χ2v) is 8.53. The molecule has 1 heterocycles. The van der Waals surface area contributed by atoms with E-state index in [1.54, 1.807) is 0 Å². The van der Waals surface area contributed by atoms with E-state index in [2.05, 4.69) is 20.3 Å². The van der Waals surface area contributed by atoms with Gasteiger partial charge in [0.2, 0.25) is 10.0 Å². The van der Waals surface area contributed by atoms with Gasteiger partial charge in [-0.2, -0.15) is 13.2 Å². The summed E-state index contributed by atoms with van der Waals surface area (Å²) < 4.78 is 64.0. The minimum absolute atomic E-state index is 0. The Morgan fingerprint density at radius 2 is 1.97 bits per heavy atom. The molecule has 1 aliphatic rings. The summed E-state index contributed by atoms with van der Waals surface area (Å²) >= 11 is 0. The SMILES string of the molecule is CN=C(NCCS(=O)(=O)NCc1ccccc1)NC1CCN(CC(F)(F)F)C1.I. The quantitative estimate of drug-likeness (QED) is 0.260. The number of sulfonamides is 1. The zero-order valence-corrected chi connectivity index (χ0v) is 19.2. The van der Waals surface area contributed by atoms with Gasteiger partial charge < -0.3 is 10.6 Å². The number of aliphatic imine (C=N–C) groups is 1. The van der Waals surface area contributed by atoms with Crippen molar-refractivity contribution in [3.8, 4) is 0 Å². The van der Waals surface area contributed by atoms with Crippen LogP contribution in [-0.2, 0) is 16.6 Å². The highest BCUT2D eigenvalue weighted by molar-refractivity contribution is 14.0. The van der Waals surface area contributed by atoms with Gasteiger partial charge in [0.15, 0.2) is 5.96 Å². The number of halogens is 4. The summed E-state index contributed by atoms with van der Waals surface area (Å²) in [6, 6.07) is 9.01. The minimum atomic E-state index is -4.21. The normalized spacial score (nSPS) is 18.3. The van der Waals surface area contributed by atoms with Crippen LogP contribution in [0.4, 0.5) is 13.2 Å². The van der Waals surface area contributed by atoms with Gasteiger partial charge in [-0.15, -0.1) is 24.0 Å². The maximum Gasteiger partial charge on any atom is 0.401 e. The zero-order valence-electron chi connectivity index (χ0n) is 16.1. The van der Waals surface area contributed by atoms with Crippen molar-refractivity contribution in [2.45, 2.75) is 25.2 Å². The first-order valence-corrected chi connectivity index (χ1v) is 10.6. The first-order chi connectivity index (χ1) is 13.2. The average molecular weight is 549 g/mol. The number of alkyl halides is 3. The fourth-order valence-electron chi connectivity index (χ4n) is 2.90. The van der Waals surface area contributed by atoms with Crippen molar-refractivity contribution in [1.29, 1.82) is 0 Å². The Balaban J connectivity index is 0.00000420. The van der Waals surface area contributed by atoms with E-state index in [1.165, 1.54) is 11.9 Å². The molecule has 0 aliphatic carbocycles. The van der Waals surface area contributed by atoms with Gasteiger partial charge in [-0.25, -0.2) is 13.1 Å². The Bertz CT molecular complexity index is 747. The Labute approximate surface area is 186 Å². The standard InChI is InChI=1S/C17H26F3N5O2S.HI/c1-21-16(24-15-7-9-25(12-15)13-17(18,19)20)22-8-10-28(26,27)23-11-14-5-3-2-4-6-14;/h2-6,15,23H,7-13H2,1H3,(H2,21,22,24);1H. The number of likely N-dealkylation sites (tertiary alicyclic amines) is 1. The molecule has 12 heteroatoms. The molecule has 2 rings (SSSR count). The van der Waals surface area contributed by atoms with E-state index in [1.807, 2.05) is 30.3 Å². The zero-order chi connectivity index (χ0) is 20.6. The monoisotopic (exact) mass is 549 g/mol. The summed E-state index contributed by atoms with van der Waals surface area (Å²) in [6.07, 6.45) is -3.65. The van der Waals surface area contributed by atoms with Gasteiger partial charge in [-0.3, -0.25) is 9.89 Å². The van der Waals surface area contributed by atoms with Gasteiger partial charge in [-0.05, 0) is 12.0 Å². The Morgan fingerprint density at radius 3 is 2.59 bits per heavy atom. The fourth-order valence-corrected chi connectivity index (χ4v) is 3.80. The number of hydrogen-bond donors (Lipinski definition) is 3. The van der Waals surface area contributed by atoms with Crippen LogP contribution in [0.2, 0.25) is 0 Å². The highest BCUT2D eigenvalue weighted by Crippen LogP contribution is 2.19. The van der Waals surface area contributed by atoms with E-state index >= 15 is 0 Å². The van der Waals surface area contributed by atoms with Crippen molar-refractivity contribution in [3.05, 3.63) is 35.9 Å². The molecule has 1 saturated heterocycles. The molecular formula is C17H27F3IN5O2S. The minimum Gasteiger partial charge on any atom is -0.355 e. The summed E-state index contributed by atoms with van der Waals surface area (Å²) in [5.74, 6) is 0.225. The first-order valence-electron chi connectivity index (χ1n) is 8.94. The lowest BCUT2D eigenvalue weighted by atomic mass is 10.2. The van der Waals surface area contributed by atoms with Gasteiger partial charge in [-0.1, -0.05) is 30.3 Å². The van der Waals surface area contributed by atoms with Crippen LogP contribution in [0, 0.1) is 0 Å². The van der Waals surface area contributed by atoms with Gasteiger partial charge in [0.25, 0.3) is 0 Å². The Kier molecular flexibility index (Phi) is 10.6. The number of nitrogens with one attached hydrogen (secondary N) is 3. The molecule has 0 saturated carbocycles. The van der Waals surface area contributed by atoms with Crippen LogP contribution in [0.5, 0.6) is 0 Å². The highest BCUT2D eigenvalue weighted by atomic mass is 127. The topological polar surface area (TPSA) is 85.8 Å². The highest BCUT2D eigenvalue weighted by Gasteiger charge is 2.34. The molecule has 0 amide bonds. The molecule has 7 nitrogen and oxygen atoms in total. The van der Waals surface area contributed by atoms with E-state index in [0.29, 0.717) is 18.9 Å². The lowest BCUT2D eigenvalue weighted by molar-refractivity contribution is -0.143. The van der Waals surface area contributed by atoms with E-state index in [9.17, 15) is 21.6 Å². The molecule has 0 radical (unpaired) electrons. The predicted molar refractivity (Wildman–Crippen MR) is 118 cm³/mol. The van der Waals surface area contributed by atoms with E-state index < -0.39 is 22.7 Å². The van der Waals surface area contributed by atoms with Crippen molar-refractivity contribution in [2.24, 2.45) is 4.99 Å². The largest absolute Gasteiger partial charge is 0.401 e. The van der Waals surface area contributed by atoms with E-state index in [4.69, 9.17) is 0 Å². The van der Waals surface area contributed by atoms with Crippen molar-refractivity contribution in [2.75, 3.05) is 39.0 Å². The van der Waals surface area contributed by atoms with Crippen LogP contribution in [0.25, 0.3) is 0 Å². The smallest absolute Gasteiger partial charge is 0.355 e. The van der Waals surface area contributed by atoms with Crippen LogP contribution in [-0.4, -0.2) is 70.5 Å². The molecule has 1 unspecified atom stereocenters. The lowest BCUT2D eigenvalue weighted by Crippen LogP contribution is -2.46. The maximum absolute atomic E-state index is 12.5. The molecule has 1 atom stereocenters. The van der Waals surface area contributed by atoms with Crippen LogP contribution in [0.3, 0.4) is 0 Å². The third-order valence-corrected chi connectivity index (χ3v) is 5.57. The molecule has 3 N–H and O–H groups in total. The third-order valence-electron chi connectivity index (χ3n) is 4.24. The predicted octanol–water partition coefficient (Wildman–Crippen LogP) is 1.53. The molecule has 29 heavy (non-hydrogen) atoms. The molecule has 0 spiro atoms. The molecular weight excluding hydrogens is 522 g/mol. The van der Waals surface area contributed by atoms with Crippen LogP contribution >= 0.6 is 24.0 Å². The number of nitrogens with zero attached hydrogens (tertiary/aromatic N) is 2. The lowest BCUT2D eigenvalue weighted by Gasteiger charge is -2.19. The number of hydrogen-bond acceptors (Lipinski definition) is 4. The van der Waals surface area contributed by atoms with Crippen molar-refractivity contribution >= 4 is 40.0 Å². The Morgan fingerprint density at radius 1 is 1.28 bits per heavy atom. The van der Waals surface area contributed by atoms with Crippen LogP contribution in [0.15, 0.2) is 35.3 Å². The van der Waals surface area contributed by atoms with Crippen molar-refractivity contribution in [3.63, 3.8) is 0 Å². The summed E-state index contributed by atoms with van der Waals surface area (Å²) in [6.45, 7) is 0.0294. The molecule has 0 aromatic heterocycles. The second kappa shape index (κ2) is 11.9. The molecule has 1 fully saturated rings. The summed E-state index contributed by atoms with van der Waals surface area (Å²) in [5.41, 5.74) is 0.862. The van der Waals surface area contributed by atoms with Gasteiger partial charge in [0.1, 0.15) is 0 Å². The number of benzene rings is 1. The van der Waals surface area contributed by atoms with Crippen molar-refractivity contribution in [1.82, 2.24) is 20.3 Å². The van der Waals surface area contributed by atoms with Gasteiger partial charge in [0, 0.05) is 39.3 Å². The summed E-state index contributed by atoms with van der Waals surface area (Å²) in [7, 11) is -1.94. The van der Waals surface area contributed by atoms with Gasteiger partial charge >= 0.3 is 6.18 Å².